The number of halogens is 1. The number of esters is 1. The molecular weight excluding hydrogens is 362 g/mol. The highest BCUT2D eigenvalue weighted by Gasteiger charge is 2.24. The molecule has 0 radical (unpaired) electrons. The number of carbonyl (C=O) groups excluding carboxylic acids is 1. The maximum Gasteiger partial charge on any atom is 0.339 e. The Balaban J connectivity index is 2.36. The lowest BCUT2D eigenvalue weighted by atomic mass is 10.2. The molecule has 0 aliphatic rings. The Morgan fingerprint density at radius 1 is 1.16 bits per heavy atom. The third-order valence-electron chi connectivity index (χ3n) is 3.48. The molecule has 0 unspecified atom stereocenters. The number of para-hydroxylation sites is 1. The smallest absolute Gasteiger partial charge is 0.339 e. The van der Waals surface area contributed by atoms with Crippen LogP contribution in [0.15, 0.2) is 53.4 Å². The molecule has 0 N–H and O–H groups in total. The van der Waals surface area contributed by atoms with E-state index in [-0.39, 0.29) is 28.0 Å². The van der Waals surface area contributed by atoms with Crippen LogP contribution in [0.5, 0.6) is 0 Å². The summed E-state index contributed by atoms with van der Waals surface area (Å²) in [6.07, 6.45) is 0. The normalized spacial score (nSPS) is 11.4. The van der Waals surface area contributed by atoms with Crippen LogP contribution in [0.1, 0.15) is 24.2 Å². The predicted molar refractivity (Wildman–Crippen MR) is 98.6 cm³/mol. The van der Waals surface area contributed by atoms with Crippen LogP contribution in [0.2, 0.25) is 5.02 Å². The van der Waals surface area contributed by atoms with Gasteiger partial charge in [0.15, 0.2) is 0 Å². The summed E-state index contributed by atoms with van der Waals surface area (Å²) in [6, 6.07) is 12.7. The van der Waals surface area contributed by atoms with Gasteiger partial charge in [-0.1, -0.05) is 43.6 Å². The van der Waals surface area contributed by atoms with Crippen LogP contribution in [0.25, 0.3) is 0 Å². The molecule has 134 valence electrons. The Morgan fingerprint density at radius 3 is 2.40 bits per heavy atom. The number of sulfonamides is 1. The van der Waals surface area contributed by atoms with E-state index in [1.807, 2.05) is 13.8 Å². The van der Waals surface area contributed by atoms with E-state index in [0.717, 1.165) is 4.31 Å². The van der Waals surface area contributed by atoms with E-state index in [4.69, 9.17) is 16.3 Å². The molecule has 2 aromatic carbocycles. The van der Waals surface area contributed by atoms with Crippen molar-refractivity contribution in [3.8, 4) is 0 Å². The molecule has 7 heteroatoms. The molecule has 0 atom stereocenters. The highest BCUT2D eigenvalue weighted by atomic mass is 35.5. The van der Waals surface area contributed by atoms with Crippen LogP contribution in [-0.2, 0) is 14.8 Å². The van der Waals surface area contributed by atoms with Crippen molar-refractivity contribution in [1.29, 1.82) is 0 Å². The quantitative estimate of drug-likeness (QED) is 0.710. The summed E-state index contributed by atoms with van der Waals surface area (Å²) in [5.41, 5.74) is 0.547. The minimum atomic E-state index is -3.83. The summed E-state index contributed by atoms with van der Waals surface area (Å²) in [5, 5.41) is 0.148. The van der Waals surface area contributed by atoms with Crippen molar-refractivity contribution in [2.24, 2.45) is 5.92 Å². The zero-order valence-corrected chi connectivity index (χ0v) is 15.8. The first-order valence-corrected chi connectivity index (χ1v) is 9.56. The fourth-order valence-corrected chi connectivity index (χ4v) is 3.49. The number of hydrogen-bond donors (Lipinski definition) is 0. The van der Waals surface area contributed by atoms with E-state index in [0.29, 0.717) is 5.69 Å². The van der Waals surface area contributed by atoms with Gasteiger partial charge in [-0.15, -0.1) is 0 Å². The zero-order chi connectivity index (χ0) is 18.6. The molecule has 0 saturated carbocycles. The van der Waals surface area contributed by atoms with E-state index in [1.54, 1.807) is 30.3 Å². The Kier molecular flexibility index (Phi) is 6.08. The minimum absolute atomic E-state index is 0.0280. The van der Waals surface area contributed by atoms with Gasteiger partial charge in [-0.3, -0.25) is 4.31 Å². The van der Waals surface area contributed by atoms with Crippen molar-refractivity contribution in [1.82, 2.24) is 0 Å². The van der Waals surface area contributed by atoms with Gasteiger partial charge in [0.05, 0.1) is 27.8 Å². The van der Waals surface area contributed by atoms with Gasteiger partial charge in [-0.2, -0.15) is 0 Å². The van der Waals surface area contributed by atoms with E-state index < -0.39 is 16.0 Å². The summed E-state index contributed by atoms with van der Waals surface area (Å²) in [6.45, 7) is 4.05. The summed E-state index contributed by atoms with van der Waals surface area (Å²) >= 11 is 6.04. The van der Waals surface area contributed by atoms with Crippen molar-refractivity contribution in [3.63, 3.8) is 0 Å². The monoisotopic (exact) mass is 381 g/mol. The van der Waals surface area contributed by atoms with Gasteiger partial charge in [0.1, 0.15) is 0 Å². The zero-order valence-electron chi connectivity index (χ0n) is 14.3. The second-order valence-electron chi connectivity index (χ2n) is 5.94. The molecule has 2 rings (SSSR count). The van der Waals surface area contributed by atoms with Crippen LogP contribution in [0.4, 0.5) is 5.69 Å². The van der Waals surface area contributed by atoms with Gasteiger partial charge in [-0.25, -0.2) is 13.2 Å². The van der Waals surface area contributed by atoms with E-state index in [2.05, 4.69) is 0 Å². The first-order chi connectivity index (χ1) is 11.7. The van der Waals surface area contributed by atoms with Gasteiger partial charge in [0, 0.05) is 7.05 Å². The summed E-state index contributed by atoms with van der Waals surface area (Å²) in [7, 11) is -2.37. The third kappa shape index (κ3) is 4.52. The first-order valence-electron chi connectivity index (χ1n) is 7.74. The van der Waals surface area contributed by atoms with Gasteiger partial charge in [0.25, 0.3) is 10.0 Å². The van der Waals surface area contributed by atoms with Gasteiger partial charge < -0.3 is 4.74 Å². The molecule has 0 spiro atoms. The van der Waals surface area contributed by atoms with Crippen molar-refractivity contribution in [3.05, 3.63) is 59.1 Å². The SMILES string of the molecule is CC(C)COC(=O)c1cc(S(=O)(=O)N(C)c2ccccc2)ccc1Cl. The van der Waals surface area contributed by atoms with Gasteiger partial charge in [0.2, 0.25) is 0 Å². The van der Waals surface area contributed by atoms with Crippen LogP contribution in [0, 0.1) is 5.92 Å². The number of carbonyl (C=O) groups is 1. The van der Waals surface area contributed by atoms with Crippen molar-refractivity contribution in [2.75, 3.05) is 18.0 Å². The Bertz CT molecular complexity index is 851. The van der Waals surface area contributed by atoms with Gasteiger partial charge in [-0.05, 0) is 36.2 Å². The molecule has 0 bridgehead atoms. The fourth-order valence-electron chi connectivity index (χ4n) is 2.08. The highest BCUT2D eigenvalue weighted by Crippen LogP contribution is 2.26. The number of rotatable bonds is 6. The molecule has 0 amide bonds. The topological polar surface area (TPSA) is 63.7 Å². The lowest BCUT2D eigenvalue weighted by molar-refractivity contribution is 0.0459. The average Bonchev–Trinajstić information content (AvgIpc) is 2.59. The van der Waals surface area contributed by atoms with E-state index >= 15 is 0 Å². The molecule has 0 saturated heterocycles. The maximum atomic E-state index is 12.8. The maximum absolute atomic E-state index is 12.8. The van der Waals surface area contributed by atoms with Crippen LogP contribution in [-0.4, -0.2) is 28.0 Å². The van der Waals surface area contributed by atoms with Crippen molar-refractivity contribution >= 4 is 33.3 Å². The number of anilines is 1. The molecule has 5 nitrogen and oxygen atoms in total. The van der Waals surface area contributed by atoms with Crippen LogP contribution >= 0.6 is 11.6 Å². The predicted octanol–water partition coefficient (Wildman–Crippen LogP) is 3.98. The number of benzene rings is 2. The molecule has 0 fully saturated rings. The highest BCUT2D eigenvalue weighted by molar-refractivity contribution is 7.92. The lowest BCUT2D eigenvalue weighted by Crippen LogP contribution is -2.26. The van der Waals surface area contributed by atoms with Crippen LogP contribution < -0.4 is 4.31 Å². The molecule has 2 aromatic rings. The molecular formula is C18H20ClNO4S. The molecule has 0 aliphatic carbocycles. The third-order valence-corrected chi connectivity index (χ3v) is 5.59. The Labute approximate surface area is 153 Å². The summed E-state index contributed by atoms with van der Waals surface area (Å²) in [4.78, 5) is 12.1. The number of hydrogen-bond acceptors (Lipinski definition) is 4. The Hall–Kier alpha value is -2.05. The first kappa shape index (κ1) is 19.3. The second-order valence-corrected chi connectivity index (χ2v) is 8.32. The van der Waals surface area contributed by atoms with E-state index in [1.165, 1.54) is 25.2 Å². The van der Waals surface area contributed by atoms with Crippen molar-refractivity contribution < 1.29 is 17.9 Å². The fraction of sp³-hybridized carbons (Fsp3) is 0.278. The minimum Gasteiger partial charge on any atom is -0.462 e. The number of nitrogens with zero attached hydrogens (tertiary/aromatic N) is 1. The summed E-state index contributed by atoms with van der Waals surface area (Å²) < 4.78 is 31.9. The molecule has 0 aromatic heterocycles. The van der Waals surface area contributed by atoms with Gasteiger partial charge >= 0.3 is 5.97 Å². The second kappa shape index (κ2) is 7.89. The Morgan fingerprint density at radius 2 is 1.80 bits per heavy atom. The number of ether oxygens (including phenoxy) is 1. The molecule has 0 aliphatic heterocycles. The molecule has 25 heavy (non-hydrogen) atoms. The van der Waals surface area contributed by atoms with Crippen LogP contribution in [0.3, 0.4) is 0 Å². The van der Waals surface area contributed by atoms with E-state index in [9.17, 15) is 13.2 Å². The average molecular weight is 382 g/mol. The lowest BCUT2D eigenvalue weighted by Gasteiger charge is -2.20. The molecule has 0 heterocycles. The van der Waals surface area contributed by atoms with Crippen molar-refractivity contribution in [2.45, 2.75) is 18.7 Å². The standard InChI is InChI=1S/C18H20ClNO4S/c1-13(2)12-24-18(21)16-11-15(9-10-17(16)19)25(22,23)20(3)14-7-5-4-6-8-14/h4-11,13H,12H2,1-3H3. The largest absolute Gasteiger partial charge is 0.462 e. The summed E-state index contributed by atoms with van der Waals surface area (Å²) in [5.74, 6) is -0.475.